The lowest BCUT2D eigenvalue weighted by atomic mass is 10.2. The van der Waals surface area contributed by atoms with Crippen LogP contribution in [0.5, 0.6) is 5.75 Å². The van der Waals surface area contributed by atoms with Crippen LogP contribution in [0.15, 0.2) is 41.3 Å². The van der Waals surface area contributed by atoms with Crippen molar-refractivity contribution in [3.8, 4) is 5.75 Å². The largest absolute Gasteiger partial charge is 0.495 e. The normalized spacial score (nSPS) is 16.9. The van der Waals surface area contributed by atoms with E-state index in [0.29, 0.717) is 48.7 Å². The van der Waals surface area contributed by atoms with Gasteiger partial charge in [-0.25, -0.2) is 4.98 Å². The van der Waals surface area contributed by atoms with Gasteiger partial charge in [-0.05, 0) is 23.8 Å². The van der Waals surface area contributed by atoms with Gasteiger partial charge in [0.25, 0.3) is 5.56 Å². The summed E-state index contributed by atoms with van der Waals surface area (Å²) in [6.45, 7) is 1.76. The molecule has 0 unspecified atom stereocenters. The van der Waals surface area contributed by atoms with Crippen molar-refractivity contribution in [1.29, 1.82) is 0 Å². The molecule has 1 aliphatic heterocycles. The lowest BCUT2D eigenvalue weighted by Gasteiger charge is -2.34. The van der Waals surface area contributed by atoms with Crippen molar-refractivity contribution in [2.45, 2.75) is 12.6 Å². The third-order valence-corrected chi connectivity index (χ3v) is 5.26. The van der Waals surface area contributed by atoms with Crippen LogP contribution in [0.4, 0.5) is 5.95 Å². The Morgan fingerprint density at radius 1 is 1.34 bits per heavy atom. The van der Waals surface area contributed by atoms with Crippen molar-refractivity contribution >= 4 is 28.6 Å². The summed E-state index contributed by atoms with van der Waals surface area (Å²) >= 11 is 6.23. The fourth-order valence-electron chi connectivity index (χ4n) is 3.41. The monoisotopic (exact) mass is 416 g/mol. The van der Waals surface area contributed by atoms with Crippen molar-refractivity contribution < 1.29 is 14.6 Å². The molecule has 3 heterocycles. The van der Waals surface area contributed by atoms with Crippen LogP contribution in [-0.2, 0) is 11.3 Å². The number of aliphatic hydroxyl groups excluding tert-OH is 1. The number of ether oxygens (including phenoxy) is 2. The summed E-state index contributed by atoms with van der Waals surface area (Å²) in [5.74, 6) is 1.04. The summed E-state index contributed by atoms with van der Waals surface area (Å²) in [6.07, 6.45) is 1.69. The SMILES string of the molecule is COc1ccc(Cn2c(=O)ccc3cnc(N4CCOC[C@H]4CO)nc32)cc1Cl. The summed E-state index contributed by atoms with van der Waals surface area (Å²) in [4.78, 5) is 23.6. The molecule has 152 valence electrons. The van der Waals surface area contributed by atoms with Crippen molar-refractivity contribution in [3.63, 3.8) is 0 Å². The molecule has 0 radical (unpaired) electrons. The summed E-state index contributed by atoms with van der Waals surface area (Å²) in [7, 11) is 1.56. The lowest BCUT2D eigenvalue weighted by molar-refractivity contribution is 0.0718. The highest BCUT2D eigenvalue weighted by molar-refractivity contribution is 6.32. The number of methoxy groups -OCH3 is 1. The Morgan fingerprint density at radius 2 is 2.21 bits per heavy atom. The molecule has 0 saturated carbocycles. The number of rotatable bonds is 5. The topological polar surface area (TPSA) is 89.7 Å². The third kappa shape index (κ3) is 3.91. The standard InChI is InChI=1S/C20H21ClN4O4/c1-28-17-4-2-13(8-16(17)21)10-25-18(27)5-3-14-9-22-20(23-19(14)25)24-6-7-29-12-15(24)11-26/h2-5,8-9,15,26H,6-7,10-12H2,1H3/t15-/m1/s1. The fourth-order valence-corrected chi connectivity index (χ4v) is 3.69. The van der Waals surface area contributed by atoms with E-state index >= 15 is 0 Å². The summed E-state index contributed by atoms with van der Waals surface area (Å²) in [5, 5.41) is 10.9. The van der Waals surface area contributed by atoms with Gasteiger partial charge in [0.05, 0.1) is 44.5 Å². The average molecular weight is 417 g/mol. The van der Waals surface area contributed by atoms with Gasteiger partial charge in [0.1, 0.15) is 11.4 Å². The van der Waals surface area contributed by atoms with Crippen LogP contribution in [0.25, 0.3) is 11.0 Å². The molecular weight excluding hydrogens is 396 g/mol. The number of fused-ring (bicyclic) bond motifs is 1. The van der Waals surface area contributed by atoms with Crippen LogP contribution in [0.2, 0.25) is 5.02 Å². The molecule has 0 spiro atoms. The Balaban J connectivity index is 1.76. The number of halogens is 1. The summed E-state index contributed by atoms with van der Waals surface area (Å²) in [6, 6.07) is 8.40. The molecule has 4 rings (SSSR count). The molecule has 1 aromatic carbocycles. The zero-order chi connectivity index (χ0) is 20.4. The molecule has 9 heteroatoms. The van der Waals surface area contributed by atoms with E-state index in [-0.39, 0.29) is 18.2 Å². The average Bonchev–Trinajstić information content (AvgIpc) is 2.75. The second-order valence-corrected chi connectivity index (χ2v) is 7.19. The van der Waals surface area contributed by atoms with E-state index in [9.17, 15) is 9.90 Å². The van der Waals surface area contributed by atoms with Gasteiger partial charge >= 0.3 is 0 Å². The number of anilines is 1. The van der Waals surface area contributed by atoms with Crippen molar-refractivity contribution in [3.05, 3.63) is 57.5 Å². The Bertz CT molecular complexity index is 1090. The van der Waals surface area contributed by atoms with Crippen LogP contribution >= 0.6 is 11.6 Å². The maximum absolute atomic E-state index is 12.6. The minimum atomic E-state index is -0.217. The second-order valence-electron chi connectivity index (χ2n) is 6.78. The number of benzene rings is 1. The Hall–Kier alpha value is -2.68. The first kappa shape index (κ1) is 19.6. The highest BCUT2D eigenvalue weighted by atomic mass is 35.5. The first-order valence-corrected chi connectivity index (χ1v) is 9.62. The van der Waals surface area contributed by atoms with E-state index in [1.807, 2.05) is 11.0 Å². The van der Waals surface area contributed by atoms with E-state index in [1.165, 1.54) is 6.07 Å². The number of pyridine rings is 1. The molecule has 1 saturated heterocycles. The Kier molecular flexibility index (Phi) is 5.66. The second kappa shape index (κ2) is 8.36. The number of aromatic nitrogens is 3. The highest BCUT2D eigenvalue weighted by Gasteiger charge is 2.25. The van der Waals surface area contributed by atoms with E-state index in [2.05, 4.69) is 9.97 Å². The van der Waals surface area contributed by atoms with Crippen LogP contribution in [0.3, 0.4) is 0 Å². The lowest BCUT2D eigenvalue weighted by Crippen LogP contribution is -2.48. The van der Waals surface area contributed by atoms with Crippen LogP contribution in [0, 0.1) is 0 Å². The fraction of sp³-hybridized carbons (Fsp3) is 0.350. The molecule has 1 atom stereocenters. The van der Waals surface area contributed by atoms with E-state index in [4.69, 9.17) is 21.1 Å². The summed E-state index contributed by atoms with van der Waals surface area (Å²) in [5.41, 5.74) is 1.21. The molecule has 1 fully saturated rings. The highest BCUT2D eigenvalue weighted by Crippen LogP contribution is 2.25. The molecule has 0 amide bonds. The number of nitrogens with zero attached hydrogens (tertiary/aromatic N) is 4. The minimum absolute atomic E-state index is 0.0622. The maximum Gasteiger partial charge on any atom is 0.252 e. The first-order valence-electron chi connectivity index (χ1n) is 9.25. The van der Waals surface area contributed by atoms with E-state index < -0.39 is 0 Å². The van der Waals surface area contributed by atoms with Crippen molar-refractivity contribution in [1.82, 2.24) is 14.5 Å². The maximum atomic E-state index is 12.6. The number of hydrogen-bond acceptors (Lipinski definition) is 7. The zero-order valence-corrected chi connectivity index (χ0v) is 16.7. The van der Waals surface area contributed by atoms with Gasteiger partial charge in [0.15, 0.2) is 0 Å². The van der Waals surface area contributed by atoms with Gasteiger partial charge in [-0.2, -0.15) is 4.98 Å². The van der Waals surface area contributed by atoms with E-state index in [0.717, 1.165) is 10.9 Å². The number of hydrogen-bond donors (Lipinski definition) is 1. The summed E-state index contributed by atoms with van der Waals surface area (Å²) < 4.78 is 12.2. The molecule has 2 aromatic heterocycles. The Labute approximate surface area is 172 Å². The minimum Gasteiger partial charge on any atom is -0.495 e. The molecule has 1 N–H and O–H groups in total. The smallest absolute Gasteiger partial charge is 0.252 e. The molecule has 0 aliphatic carbocycles. The molecule has 0 bridgehead atoms. The zero-order valence-electron chi connectivity index (χ0n) is 15.9. The van der Waals surface area contributed by atoms with Gasteiger partial charge in [-0.3, -0.25) is 9.36 Å². The molecular formula is C20H21ClN4O4. The molecule has 29 heavy (non-hydrogen) atoms. The van der Waals surface area contributed by atoms with Gasteiger partial charge < -0.3 is 19.5 Å². The molecule has 8 nitrogen and oxygen atoms in total. The predicted molar refractivity (Wildman–Crippen MR) is 110 cm³/mol. The third-order valence-electron chi connectivity index (χ3n) is 4.96. The van der Waals surface area contributed by atoms with Gasteiger partial charge in [0, 0.05) is 24.2 Å². The quantitative estimate of drug-likeness (QED) is 0.677. The number of aliphatic hydroxyl groups is 1. The van der Waals surface area contributed by atoms with Gasteiger partial charge in [0.2, 0.25) is 5.95 Å². The van der Waals surface area contributed by atoms with Gasteiger partial charge in [-0.1, -0.05) is 17.7 Å². The first-order chi connectivity index (χ1) is 14.1. The number of morpholine rings is 1. The van der Waals surface area contributed by atoms with Crippen LogP contribution in [-0.4, -0.2) is 59.2 Å². The predicted octanol–water partition coefficient (Wildman–Crippen LogP) is 1.70. The molecule has 3 aromatic rings. The van der Waals surface area contributed by atoms with Crippen LogP contribution in [0.1, 0.15) is 5.56 Å². The Morgan fingerprint density at radius 3 is 2.97 bits per heavy atom. The van der Waals surface area contributed by atoms with Crippen molar-refractivity contribution in [2.24, 2.45) is 0 Å². The van der Waals surface area contributed by atoms with Crippen molar-refractivity contribution in [2.75, 3.05) is 38.4 Å². The van der Waals surface area contributed by atoms with E-state index in [1.54, 1.807) is 36.1 Å². The van der Waals surface area contributed by atoms with Gasteiger partial charge in [-0.15, -0.1) is 0 Å². The van der Waals surface area contributed by atoms with Crippen LogP contribution < -0.4 is 15.2 Å². The molecule has 1 aliphatic rings.